The topological polar surface area (TPSA) is 91.6 Å². The molecule has 6 nitrogen and oxygen atoms in total. The Kier molecular flexibility index (Phi) is 6.48. The second kappa shape index (κ2) is 8.79. The second-order valence-electron chi connectivity index (χ2n) is 5.13. The maximum atomic E-state index is 12.3. The fourth-order valence-corrected chi connectivity index (χ4v) is 2.35. The van der Waals surface area contributed by atoms with Gasteiger partial charge in [0, 0.05) is 5.69 Å². The monoisotopic (exact) mass is 372 g/mol. The Bertz CT molecular complexity index is 870. The van der Waals surface area contributed by atoms with Crippen molar-refractivity contribution in [1.82, 2.24) is 0 Å². The lowest BCUT2D eigenvalue weighted by Crippen LogP contribution is -2.13. The lowest BCUT2D eigenvalue weighted by Gasteiger charge is -2.09. The van der Waals surface area contributed by atoms with E-state index in [9.17, 15) is 15.2 Å². The number of benzene rings is 2. The number of nitrogens with one attached hydrogen (secondary N) is 1. The van der Waals surface area contributed by atoms with Crippen LogP contribution in [0.5, 0.6) is 17.2 Å². The van der Waals surface area contributed by atoms with Crippen molar-refractivity contribution in [2.24, 2.45) is 0 Å². The molecule has 0 aliphatic heterocycles. The van der Waals surface area contributed by atoms with Crippen LogP contribution in [0.2, 0.25) is 5.02 Å². The van der Waals surface area contributed by atoms with Crippen LogP contribution in [0.3, 0.4) is 0 Å². The number of carbonyl (C=O) groups is 1. The van der Waals surface area contributed by atoms with Gasteiger partial charge in [-0.2, -0.15) is 5.26 Å². The summed E-state index contributed by atoms with van der Waals surface area (Å²) in [5.41, 5.74) is 0.860. The Labute approximate surface area is 156 Å². The predicted octanol–water partition coefficient (Wildman–Crippen LogP) is 4.00. The van der Waals surface area contributed by atoms with Crippen molar-refractivity contribution < 1.29 is 19.4 Å². The van der Waals surface area contributed by atoms with Gasteiger partial charge >= 0.3 is 0 Å². The molecule has 0 atom stereocenters. The largest absolute Gasteiger partial charge is 0.503 e. The van der Waals surface area contributed by atoms with Gasteiger partial charge in [-0.3, -0.25) is 4.79 Å². The third kappa shape index (κ3) is 4.68. The first-order chi connectivity index (χ1) is 12.5. The van der Waals surface area contributed by atoms with E-state index in [1.807, 2.05) is 6.07 Å². The Morgan fingerprint density at radius 1 is 1.35 bits per heavy atom. The highest BCUT2D eigenvalue weighted by Gasteiger charge is 2.13. The molecular formula is C19H17ClN2O4. The zero-order chi connectivity index (χ0) is 19.1. The van der Waals surface area contributed by atoms with Crippen molar-refractivity contribution in [2.45, 2.75) is 6.92 Å². The SMILES string of the molecule is CCOc1cc(/C=C(\C#N)C(=O)Nc2ccc(OC)cc2)cc(Cl)c1O. The first kappa shape index (κ1) is 19.2. The molecule has 2 aromatic carbocycles. The molecule has 0 radical (unpaired) electrons. The van der Waals surface area contributed by atoms with Crippen LogP contribution in [0.4, 0.5) is 5.69 Å². The number of halogens is 1. The first-order valence-corrected chi connectivity index (χ1v) is 8.08. The van der Waals surface area contributed by atoms with E-state index < -0.39 is 5.91 Å². The van der Waals surface area contributed by atoms with Crippen LogP contribution in [-0.2, 0) is 4.79 Å². The van der Waals surface area contributed by atoms with Crippen molar-refractivity contribution in [2.75, 3.05) is 19.0 Å². The van der Waals surface area contributed by atoms with E-state index in [0.29, 0.717) is 23.6 Å². The van der Waals surface area contributed by atoms with Gasteiger partial charge < -0.3 is 19.9 Å². The molecular weight excluding hydrogens is 356 g/mol. The quantitative estimate of drug-likeness (QED) is 0.590. The van der Waals surface area contributed by atoms with Crippen molar-refractivity contribution in [1.29, 1.82) is 5.26 Å². The standard InChI is InChI=1S/C19H17ClN2O4/c1-3-26-17-10-12(9-16(20)18(17)23)8-13(11-21)19(24)22-14-4-6-15(25-2)7-5-14/h4-10,23H,3H2,1-2H3,(H,22,24)/b13-8+. The average Bonchev–Trinajstić information content (AvgIpc) is 2.64. The summed E-state index contributed by atoms with van der Waals surface area (Å²) in [6, 6.07) is 11.5. The molecule has 0 saturated heterocycles. The van der Waals surface area contributed by atoms with Crippen LogP contribution in [0.25, 0.3) is 6.08 Å². The first-order valence-electron chi connectivity index (χ1n) is 7.71. The van der Waals surface area contributed by atoms with Crippen LogP contribution in [-0.4, -0.2) is 24.7 Å². The van der Waals surface area contributed by atoms with Gasteiger partial charge in [-0.05, 0) is 55.0 Å². The molecule has 2 rings (SSSR count). The van der Waals surface area contributed by atoms with Crippen LogP contribution in [0.1, 0.15) is 12.5 Å². The molecule has 1 amide bonds. The number of anilines is 1. The van der Waals surface area contributed by atoms with E-state index in [4.69, 9.17) is 21.1 Å². The number of hydrogen-bond acceptors (Lipinski definition) is 5. The third-order valence-corrected chi connectivity index (χ3v) is 3.66. The number of amides is 1. The van der Waals surface area contributed by atoms with Gasteiger partial charge in [-0.15, -0.1) is 0 Å². The molecule has 0 unspecified atom stereocenters. The predicted molar refractivity (Wildman–Crippen MR) is 99.5 cm³/mol. The van der Waals surface area contributed by atoms with E-state index in [-0.39, 0.29) is 22.1 Å². The van der Waals surface area contributed by atoms with E-state index in [0.717, 1.165) is 0 Å². The highest BCUT2D eigenvalue weighted by atomic mass is 35.5. The van der Waals surface area contributed by atoms with Crippen LogP contribution in [0, 0.1) is 11.3 Å². The number of hydrogen-bond donors (Lipinski definition) is 2. The Balaban J connectivity index is 2.26. The van der Waals surface area contributed by atoms with Crippen LogP contribution >= 0.6 is 11.6 Å². The summed E-state index contributed by atoms with van der Waals surface area (Å²) in [5, 5.41) is 21.9. The summed E-state index contributed by atoms with van der Waals surface area (Å²) in [5.74, 6) is 0.0759. The highest BCUT2D eigenvalue weighted by molar-refractivity contribution is 6.32. The van der Waals surface area contributed by atoms with Crippen LogP contribution in [0.15, 0.2) is 42.0 Å². The fraction of sp³-hybridized carbons (Fsp3) is 0.158. The van der Waals surface area contributed by atoms with Gasteiger partial charge in [0.2, 0.25) is 0 Å². The van der Waals surface area contributed by atoms with Gasteiger partial charge in [-0.25, -0.2) is 0 Å². The molecule has 0 aromatic heterocycles. The minimum atomic E-state index is -0.570. The molecule has 0 spiro atoms. The normalized spacial score (nSPS) is 10.8. The number of aromatic hydroxyl groups is 1. The lowest BCUT2D eigenvalue weighted by molar-refractivity contribution is -0.112. The maximum Gasteiger partial charge on any atom is 0.266 e. The van der Waals surface area contributed by atoms with E-state index in [2.05, 4.69) is 5.32 Å². The number of phenols is 1. The van der Waals surface area contributed by atoms with E-state index in [1.54, 1.807) is 38.3 Å². The minimum Gasteiger partial charge on any atom is -0.503 e. The number of phenolic OH excluding ortho intramolecular Hbond substituents is 1. The smallest absolute Gasteiger partial charge is 0.266 e. The molecule has 2 N–H and O–H groups in total. The zero-order valence-electron chi connectivity index (χ0n) is 14.2. The molecule has 0 aliphatic rings. The summed E-state index contributed by atoms with van der Waals surface area (Å²) in [6.07, 6.45) is 1.37. The summed E-state index contributed by atoms with van der Waals surface area (Å²) in [4.78, 5) is 12.3. The number of ether oxygens (including phenoxy) is 2. The second-order valence-corrected chi connectivity index (χ2v) is 5.54. The molecule has 134 valence electrons. The Morgan fingerprint density at radius 3 is 2.62 bits per heavy atom. The van der Waals surface area contributed by atoms with E-state index >= 15 is 0 Å². The number of methoxy groups -OCH3 is 1. The summed E-state index contributed by atoms with van der Waals surface area (Å²) in [7, 11) is 1.55. The fourth-order valence-electron chi connectivity index (χ4n) is 2.13. The Morgan fingerprint density at radius 2 is 2.04 bits per heavy atom. The number of rotatable bonds is 6. The summed E-state index contributed by atoms with van der Waals surface area (Å²) in [6.45, 7) is 2.10. The molecule has 0 saturated carbocycles. The number of carbonyl (C=O) groups excluding carboxylic acids is 1. The van der Waals surface area contributed by atoms with Crippen molar-refractivity contribution in [3.8, 4) is 23.3 Å². The summed E-state index contributed by atoms with van der Waals surface area (Å²) >= 11 is 5.96. The molecule has 2 aromatic rings. The van der Waals surface area contributed by atoms with Crippen molar-refractivity contribution in [3.63, 3.8) is 0 Å². The molecule has 0 heterocycles. The molecule has 26 heavy (non-hydrogen) atoms. The minimum absolute atomic E-state index is 0.0649. The molecule has 0 bridgehead atoms. The highest BCUT2D eigenvalue weighted by Crippen LogP contribution is 2.35. The van der Waals surface area contributed by atoms with Gasteiger partial charge in [0.15, 0.2) is 11.5 Å². The van der Waals surface area contributed by atoms with Gasteiger partial charge in [0.05, 0.1) is 18.7 Å². The molecule has 0 fully saturated rings. The van der Waals surface area contributed by atoms with Gasteiger partial charge in [0.1, 0.15) is 17.4 Å². The number of nitriles is 1. The zero-order valence-corrected chi connectivity index (χ0v) is 15.0. The van der Waals surface area contributed by atoms with Crippen molar-refractivity contribution in [3.05, 3.63) is 52.6 Å². The Hall–Kier alpha value is -3.17. The maximum absolute atomic E-state index is 12.3. The summed E-state index contributed by atoms with van der Waals surface area (Å²) < 4.78 is 10.3. The molecule has 7 heteroatoms. The van der Waals surface area contributed by atoms with Crippen LogP contribution < -0.4 is 14.8 Å². The van der Waals surface area contributed by atoms with Gasteiger partial charge in [0.25, 0.3) is 5.91 Å². The third-order valence-electron chi connectivity index (χ3n) is 3.37. The average molecular weight is 373 g/mol. The van der Waals surface area contributed by atoms with Gasteiger partial charge in [-0.1, -0.05) is 11.6 Å². The number of nitrogens with zero attached hydrogens (tertiary/aromatic N) is 1. The molecule has 0 aliphatic carbocycles. The lowest BCUT2D eigenvalue weighted by atomic mass is 10.1. The van der Waals surface area contributed by atoms with E-state index in [1.165, 1.54) is 18.2 Å². The van der Waals surface area contributed by atoms with Crippen molar-refractivity contribution >= 4 is 29.3 Å².